The molecule has 2 rings (SSSR count). The molecule has 15 heavy (non-hydrogen) atoms. The minimum absolute atomic E-state index is 0.123. The molecule has 1 aliphatic rings. The Morgan fingerprint density at radius 1 is 1.27 bits per heavy atom. The lowest BCUT2D eigenvalue weighted by atomic mass is 10.1. The van der Waals surface area contributed by atoms with E-state index in [9.17, 15) is 4.79 Å². The van der Waals surface area contributed by atoms with Gasteiger partial charge in [0.15, 0.2) is 0 Å². The van der Waals surface area contributed by atoms with E-state index in [1.54, 1.807) is 12.1 Å². The first-order valence-electron chi connectivity index (χ1n) is 5.53. The molecule has 80 valence electrons. The smallest absolute Gasteiger partial charge is 0.338 e. The van der Waals surface area contributed by atoms with Crippen LogP contribution in [0.25, 0.3) is 0 Å². The van der Waals surface area contributed by atoms with E-state index in [0.29, 0.717) is 11.5 Å². The highest BCUT2D eigenvalue weighted by atomic mass is 16.5. The highest BCUT2D eigenvalue weighted by molar-refractivity contribution is 5.89. The summed E-state index contributed by atoms with van der Waals surface area (Å²) >= 11 is 0. The van der Waals surface area contributed by atoms with Crippen molar-refractivity contribution in [1.82, 2.24) is 0 Å². The zero-order valence-electron chi connectivity index (χ0n) is 8.98. The molecule has 0 spiro atoms. The first-order valence-corrected chi connectivity index (χ1v) is 5.53. The van der Waals surface area contributed by atoms with Crippen LogP contribution in [0.15, 0.2) is 30.3 Å². The Hall–Kier alpha value is -1.31. The summed E-state index contributed by atoms with van der Waals surface area (Å²) in [7, 11) is 0. The average molecular weight is 204 g/mol. The molecule has 0 N–H and O–H groups in total. The fraction of sp³-hybridized carbons (Fsp3) is 0.462. The molecule has 0 aromatic heterocycles. The molecule has 1 aromatic rings. The summed E-state index contributed by atoms with van der Waals surface area (Å²) in [5.41, 5.74) is 0.650. The molecule has 1 aromatic carbocycles. The maximum atomic E-state index is 11.7. The molecule has 1 aliphatic carbocycles. The molecule has 0 amide bonds. The quantitative estimate of drug-likeness (QED) is 0.692. The number of hydrogen-bond acceptors (Lipinski definition) is 2. The first kappa shape index (κ1) is 10.2. The number of ether oxygens (including phenoxy) is 1. The summed E-state index contributed by atoms with van der Waals surface area (Å²) in [6.07, 6.45) is 3.48. The Kier molecular flexibility index (Phi) is 3.05. The number of esters is 1. The average Bonchev–Trinajstić information content (AvgIpc) is 2.66. The van der Waals surface area contributed by atoms with E-state index in [2.05, 4.69) is 6.92 Å². The summed E-state index contributed by atoms with van der Waals surface area (Å²) in [6, 6.07) is 9.20. The predicted octanol–water partition coefficient (Wildman–Crippen LogP) is 3.03. The number of hydrogen-bond donors (Lipinski definition) is 0. The van der Waals surface area contributed by atoms with Crippen LogP contribution in [0.5, 0.6) is 0 Å². The number of carbonyl (C=O) groups is 1. The highest BCUT2D eigenvalue weighted by Gasteiger charge is 2.26. The second-order valence-electron chi connectivity index (χ2n) is 4.22. The van der Waals surface area contributed by atoms with Crippen LogP contribution in [0.2, 0.25) is 0 Å². The van der Waals surface area contributed by atoms with Gasteiger partial charge in [0.2, 0.25) is 0 Å². The lowest BCUT2D eigenvalue weighted by Gasteiger charge is -2.16. The van der Waals surface area contributed by atoms with Crippen molar-refractivity contribution in [2.45, 2.75) is 32.3 Å². The second-order valence-corrected chi connectivity index (χ2v) is 4.22. The van der Waals surface area contributed by atoms with Gasteiger partial charge in [-0.2, -0.15) is 0 Å². The van der Waals surface area contributed by atoms with E-state index in [0.717, 1.165) is 6.42 Å². The standard InChI is InChI=1S/C13H16O2/c1-10-6-5-9-12(10)15-13(14)11-7-3-2-4-8-11/h2-4,7-8,10,12H,5-6,9H2,1H3/t10-,12+/m0/s1. The van der Waals surface area contributed by atoms with Gasteiger partial charge in [-0.3, -0.25) is 0 Å². The van der Waals surface area contributed by atoms with Gasteiger partial charge in [0, 0.05) is 0 Å². The van der Waals surface area contributed by atoms with Crippen LogP contribution in [0.4, 0.5) is 0 Å². The molecular weight excluding hydrogens is 188 g/mol. The molecular formula is C13H16O2. The van der Waals surface area contributed by atoms with E-state index in [4.69, 9.17) is 4.74 Å². The highest BCUT2D eigenvalue weighted by Crippen LogP contribution is 2.28. The molecule has 0 radical (unpaired) electrons. The van der Waals surface area contributed by atoms with Crippen LogP contribution in [0.1, 0.15) is 36.5 Å². The topological polar surface area (TPSA) is 26.3 Å². The van der Waals surface area contributed by atoms with Crippen LogP contribution in [-0.4, -0.2) is 12.1 Å². The van der Waals surface area contributed by atoms with Crippen molar-refractivity contribution < 1.29 is 9.53 Å². The Balaban J connectivity index is 1.98. The molecule has 1 fully saturated rings. The first-order chi connectivity index (χ1) is 7.27. The van der Waals surface area contributed by atoms with E-state index < -0.39 is 0 Å². The minimum Gasteiger partial charge on any atom is -0.459 e. The van der Waals surface area contributed by atoms with Crippen molar-refractivity contribution in [2.24, 2.45) is 5.92 Å². The van der Waals surface area contributed by atoms with Gasteiger partial charge in [0.1, 0.15) is 6.10 Å². The monoisotopic (exact) mass is 204 g/mol. The van der Waals surface area contributed by atoms with Crippen LogP contribution >= 0.6 is 0 Å². The summed E-state index contributed by atoms with van der Waals surface area (Å²) in [4.78, 5) is 11.7. The van der Waals surface area contributed by atoms with Crippen molar-refractivity contribution >= 4 is 5.97 Å². The van der Waals surface area contributed by atoms with E-state index >= 15 is 0 Å². The SMILES string of the molecule is C[C@H]1CCC[C@H]1OC(=O)c1ccccc1. The molecule has 0 unspecified atom stereocenters. The second kappa shape index (κ2) is 4.47. The fourth-order valence-corrected chi connectivity index (χ4v) is 2.07. The van der Waals surface area contributed by atoms with Crippen molar-refractivity contribution in [1.29, 1.82) is 0 Å². The molecule has 0 aliphatic heterocycles. The molecule has 1 saturated carbocycles. The van der Waals surface area contributed by atoms with Crippen LogP contribution in [-0.2, 0) is 4.74 Å². The third kappa shape index (κ3) is 2.38. The number of benzene rings is 1. The van der Waals surface area contributed by atoms with E-state index in [-0.39, 0.29) is 12.1 Å². The van der Waals surface area contributed by atoms with Gasteiger partial charge >= 0.3 is 5.97 Å². The van der Waals surface area contributed by atoms with Crippen molar-refractivity contribution in [3.8, 4) is 0 Å². The van der Waals surface area contributed by atoms with Gasteiger partial charge in [-0.25, -0.2) is 4.79 Å². The zero-order valence-corrected chi connectivity index (χ0v) is 8.98. The Labute approximate surface area is 90.3 Å². The van der Waals surface area contributed by atoms with Gasteiger partial charge in [-0.05, 0) is 37.3 Å². The molecule has 0 bridgehead atoms. The van der Waals surface area contributed by atoms with Crippen LogP contribution < -0.4 is 0 Å². The number of rotatable bonds is 2. The van der Waals surface area contributed by atoms with Crippen molar-refractivity contribution in [3.63, 3.8) is 0 Å². The maximum absolute atomic E-state index is 11.7. The summed E-state index contributed by atoms with van der Waals surface area (Å²) in [5.74, 6) is 0.326. The van der Waals surface area contributed by atoms with E-state index in [1.807, 2.05) is 18.2 Å². The van der Waals surface area contributed by atoms with Crippen LogP contribution in [0.3, 0.4) is 0 Å². The molecule has 2 atom stereocenters. The Morgan fingerprint density at radius 3 is 2.60 bits per heavy atom. The van der Waals surface area contributed by atoms with Gasteiger partial charge in [-0.1, -0.05) is 25.1 Å². The normalized spacial score (nSPS) is 25.1. The lowest BCUT2D eigenvalue weighted by molar-refractivity contribution is 0.0226. The van der Waals surface area contributed by atoms with Gasteiger partial charge < -0.3 is 4.74 Å². The Bertz CT molecular complexity index is 332. The van der Waals surface area contributed by atoms with Crippen molar-refractivity contribution in [3.05, 3.63) is 35.9 Å². The molecule has 0 heterocycles. The van der Waals surface area contributed by atoms with Crippen LogP contribution in [0, 0.1) is 5.92 Å². The molecule has 0 saturated heterocycles. The third-order valence-corrected chi connectivity index (χ3v) is 3.05. The minimum atomic E-state index is -0.186. The summed E-state index contributed by atoms with van der Waals surface area (Å²) in [6.45, 7) is 2.15. The van der Waals surface area contributed by atoms with Gasteiger partial charge in [0.05, 0.1) is 5.56 Å². The van der Waals surface area contributed by atoms with Gasteiger partial charge in [-0.15, -0.1) is 0 Å². The maximum Gasteiger partial charge on any atom is 0.338 e. The largest absolute Gasteiger partial charge is 0.459 e. The van der Waals surface area contributed by atoms with E-state index in [1.165, 1.54) is 12.8 Å². The number of carbonyl (C=O) groups excluding carboxylic acids is 1. The fourth-order valence-electron chi connectivity index (χ4n) is 2.07. The van der Waals surface area contributed by atoms with Gasteiger partial charge in [0.25, 0.3) is 0 Å². The summed E-state index contributed by atoms with van der Waals surface area (Å²) < 4.78 is 5.47. The third-order valence-electron chi connectivity index (χ3n) is 3.05. The summed E-state index contributed by atoms with van der Waals surface area (Å²) in [5, 5.41) is 0. The Morgan fingerprint density at radius 2 is 2.00 bits per heavy atom. The zero-order chi connectivity index (χ0) is 10.7. The predicted molar refractivity (Wildman–Crippen MR) is 58.7 cm³/mol. The van der Waals surface area contributed by atoms with Crippen molar-refractivity contribution in [2.75, 3.05) is 0 Å². The molecule has 2 heteroatoms. The lowest BCUT2D eigenvalue weighted by Crippen LogP contribution is -2.20. The molecule has 2 nitrogen and oxygen atoms in total.